The van der Waals surface area contributed by atoms with Crippen molar-refractivity contribution in [2.24, 2.45) is 5.92 Å². The fourth-order valence-corrected chi connectivity index (χ4v) is 1.78. The molecule has 2 N–H and O–H groups in total. The van der Waals surface area contributed by atoms with Gasteiger partial charge in [0, 0.05) is 23.8 Å². The Morgan fingerprint density at radius 2 is 2.40 bits per heavy atom. The van der Waals surface area contributed by atoms with E-state index in [0.29, 0.717) is 22.8 Å². The molecule has 1 aliphatic rings. The molecule has 0 amide bonds. The van der Waals surface area contributed by atoms with E-state index in [-0.39, 0.29) is 12.3 Å². The first kappa shape index (κ1) is 12.1. The van der Waals surface area contributed by atoms with Gasteiger partial charge in [-0.2, -0.15) is 5.26 Å². The molecule has 0 spiro atoms. The number of hydrogen-bond acceptors (Lipinski definition) is 4. The first-order valence-electron chi connectivity index (χ1n) is 4.49. The second-order valence-electron chi connectivity index (χ2n) is 3.30. The van der Waals surface area contributed by atoms with Crippen molar-refractivity contribution in [1.82, 2.24) is 0 Å². The van der Waals surface area contributed by atoms with Gasteiger partial charge in [0.15, 0.2) is 6.29 Å². The maximum absolute atomic E-state index is 8.85. The Balaban J connectivity index is 2.85. The number of nitriles is 1. The molecule has 1 aliphatic carbocycles. The van der Waals surface area contributed by atoms with E-state index in [4.69, 9.17) is 31.8 Å². The fraction of sp³-hybridized carbons (Fsp3) is 0.500. The first-order chi connectivity index (χ1) is 7.08. The van der Waals surface area contributed by atoms with Crippen LogP contribution in [0.2, 0.25) is 0 Å². The smallest absolute Gasteiger partial charge is 0.152 e. The maximum Gasteiger partial charge on any atom is 0.152 e. The third-order valence-corrected chi connectivity index (χ3v) is 2.68. The van der Waals surface area contributed by atoms with E-state index in [1.807, 2.05) is 6.07 Å². The second-order valence-corrected chi connectivity index (χ2v) is 3.74. The van der Waals surface area contributed by atoms with Gasteiger partial charge in [0.1, 0.15) is 11.8 Å². The zero-order chi connectivity index (χ0) is 11.4. The maximum atomic E-state index is 8.85. The molecule has 15 heavy (non-hydrogen) atoms. The van der Waals surface area contributed by atoms with E-state index in [0.717, 1.165) is 0 Å². The highest BCUT2D eigenvalue weighted by molar-refractivity contribution is 6.30. The fourth-order valence-electron chi connectivity index (χ4n) is 1.51. The predicted octanol–water partition coefficient (Wildman–Crippen LogP) is 1.25. The van der Waals surface area contributed by atoms with Crippen molar-refractivity contribution in [2.45, 2.75) is 19.1 Å². The lowest BCUT2D eigenvalue weighted by atomic mass is 9.92. The van der Waals surface area contributed by atoms with E-state index < -0.39 is 6.29 Å². The molecule has 0 saturated heterocycles. The molecule has 0 aromatic rings. The standard InChI is InChI=1S/C10H12ClNO3/c1-15-9-3-6(4-10(13)14)8(11)2-7(9)5-12/h2,6,10,13-14H,3-4H2,1H3. The van der Waals surface area contributed by atoms with Crippen LogP contribution >= 0.6 is 11.6 Å². The molecule has 0 aliphatic heterocycles. The summed E-state index contributed by atoms with van der Waals surface area (Å²) >= 11 is 5.92. The summed E-state index contributed by atoms with van der Waals surface area (Å²) in [4.78, 5) is 0. The van der Waals surface area contributed by atoms with E-state index in [1.54, 1.807) is 0 Å². The number of hydrogen-bond donors (Lipinski definition) is 2. The van der Waals surface area contributed by atoms with Gasteiger partial charge in [0.05, 0.1) is 12.7 Å². The summed E-state index contributed by atoms with van der Waals surface area (Å²) in [6.07, 6.45) is 0.670. The Morgan fingerprint density at radius 1 is 1.73 bits per heavy atom. The van der Waals surface area contributed by atoms with Gasteiger partial charge in [-0.05, 0) is 6.08 Å². The number of aliphatic hydroxyl groups excluding tert-OH is 1. The van der Waals surface area contributed by atoms with Crippen LogP contribution in [0.3, 0.4) is 0 Å². The van der Waals surface area contributed by atoms with Crippen LogP contribution in [0, 0.1) is 17.2 Å². The van der Waals surface area contributed by atoms with Crippen LogP contribution in [0.4, 0.5) is 0 Å². The molecule has 0 aromatic carbocycles. The van der Waals surface area contributed by atoms with E-state index >= 15 is 0 Å². The summed E-state index contributed by atoms with van der Waals surface area (Å²) in [7, 11) is 1.48. The number of methoxy groups -OCH3 is 1. The number of rotatable bonds is 3. The van der Waals surface area contributed by atoms with E-state index in [1.165, 1.54) is 13.2 Å². The number of halogens is 1. The molecule has 0 bridgehead atoms. The van der Waals surface area contributed by atoms with Crippen molar-refractivity contribution in [2.75, 3.05) is 7.11 Å². The highest BCUT2D eigenvalue weighted by Gasteiger charge is 2.24. The summed E-state index contributed by atoms with van der Waals surface area (Å²) < 4.78 is 5.05. The third kappa shape index (κ3) is 2.96. The minimum Gasteiger partial charge on any atom is -0.500 e. The molecule has 0 fully saturated rings. The van der Waals surface area contributed by atoms with Crippen LogP contribution in [0.25, 0.3) is 0 Å². The number of aliphatic hydroxyl groups is 2. The van der Waals surface area contributed by atoms with Gasteiger partial charge < -0.3 is 14.9 Å². The highest BCUT2D eigenvalue weighted by Crippen LogP contribution is 2.34. The molecule has 0 saturated carbocycles. The Kier molecular flexibility index (Phi) is 4.15. The van der Waals surface area contributed by atoms with Crippen LogP contribution in [-0.2, 0) is 4.74 Å². The summed E-state index contributed by atoms with van der Waals surface area (Å²) in [5.74, 6) is 0.339. The molecule has 1 rings (SSSR count). The first-order valence-corrected chi connectivity index (χ1v) is 4.86. The largest absolute Gasteiger partial charge is 0.500 e. The van der Waals surface area contributed by atoms with E-state index in [9.17, 15) is 0 Å². The number of allylic oxidation sites excluding steroid dienone is 4. The summed E-state index contributed by atoms with van der Waals surface area (Å²) in [5, 5.41) is 27.0. The average Bonchev–Trinajstić information content (AvgIpc) is 2.19. The SMILES string of the molecule is COC1=C(C#N)C=C(Cl)C(CC(O)O)C1. The molecular formula is C10H12ClNO3. The van der Waals surface area contributed by atoms with Gasteiger partial charge >= 0.3 is 0 Å². The van der Waals surface area contributed by atoms with Gasteiger partial charge in [0.25, 0.3) is 0 Å². The van der Waals surface area contributed by atoms with Crippen LogP contribution < -0.4 is 0 Å². The lowest BCUT2D eigenvalue weighted by Crippen LogP contribution is -2.17. The molecule has 1 atom stereocenters. The Bertz CT molecular complexity index is 341. The highest BCUT2D eigenvalue weighted by atomic mass is 35.5. The predicted molar refractivity (Wildman–Crippen MR) is 54.5 cm³/mol. The zero-order valence-corrected chi connectivity index (χ0v) is 9.03. The van der Waals surface area contributed by atoms with Crippen LogP contribution in [-0.4, -0.2) is 23.6 Å². The Hall–Kier alpha value is -1.02. The summed E-state index contributed by atoms with van der Waals surface area (Å²) in [6.45, 7) is 0. The Labute approximate surface area is 93.0 Å². The topological polar surface area (TPSA) is 73.5 Å². The molecule has 0 heterocycles. The molecule has 4 nitrogen and oxygen atoms in total. The third-order valence-electron chi connectivity index (χ3n) is 2.27. The van der Waals surface area contributed by atoms with Crippen molar-refractivity contribution in [3.63, 3.8) is 0 Å². The van der Waals surface area contributed by atoms with Crippen molar-refractivity contribution < 1.29 is 14.9 Å². The average molecular weight is 230 g/mol. The van der Waals surface area contributed by atoms with Crippen molar-refractivity contribution in [1.29, 1.82) is 5.26 Å². The van der Waals surface area contributed by atoms with Crippen LogP contribution in [0.15, 0.2) is 22.4 Å². The summed E-state index contributed by atoms with van der Waals surface area (Å²) in [6, 6.07) is 1.98. The normalized spacial score (nSPS) is 21.3. The minimum atomic E-state index is -1.40. The van der Waals surface area contributed by atoms with Gasteiger partial charge in [-0.15, -0.1) is 0 Å². The van der Waals surface area contributed by atoms with Gasteiger partial charge in [-0.25, -0.2) is 0 Å². The molecular weight excluding hydrogens is 218 g/mol. The van der Waals surface area contributed by atoms with Gasteiger partial charge in [-0.3, -0.25) is 0 Å². The second kappa shape index (κ2) is 5.17. The molecule has 82 valence electrons. The molecule has 0 radical (unpaired) electrons. The molecule has 0 aromatic heterocycles. The van der Waals surface area contributed by atoms with E-state index in [2.05, 4.69) is 0 Å². The zero-order valence-electron chi connectivity index (χ0n) is 8.27. The van der Waals surface area contributed by atoms with Crippen molar-refractivity contribution in [3.05, 3.63) is 22.4 Å². The number of nitrogens with zero attached hydrogens (tertiary/aromatic N) is 1. The summed E-state index contributed by atoms with van der Waals surface area (Å²) in [5.41, 5.74) is 0.395. The lowest BCUT2D eigenvalue weighted by Gasteiger charge is -2.22. The van der Waals surface area contributed by atoms with Crippen molar-refractivity contribution >= 4 is 11.6 Å². The molecule has 1 unspecified atom stereocenters. The van der Waals surface area contributed by atoms with Crippen LogP contribution in [0.1, 0.15) is 12.8 Å². The minimum absolute atomic E-state index is 0.140. The Morgan fingerprint density at radius 3 is 2.87 bits per heavy atom. The van der Waals surface area contributed by atoms with Gasteiger partial charge in [0.2, 0.25) is 0 Å². The quantitative estimate of drug-likeness (QED) is 0.715. The lowest BCUT2D eigenvalue weighted by molar-refractivity contribution is -0.0533. The van der Waals surface area contributed by atoms with Gasteiger partial charge in [-0.1, -0.05) is 11.6 Å². The monoisotopic (exact) mass is 229 g/mol. The molecule has 5 heteroatoms. The van der Waals surface area contributed by atoms with Crippen LogP contribution in [0.5, 0.6) is 0 Å². The van der Waals surface area contributed by atoms with Crippen molar-refractivity contribution in [3.8, 4) is 6.07 Å². The number of ether oxygens (including phenoxy) is 1.